The number of carboxylic acid groups (broad SMARTS) is 1. The number of rotatable bonds is 3. The summed E-state index contributed by atoms with van der Waals surface area (Å²) in [6, 6.07) is 6.87. The molecular weight excluding hydrogens is 250 g/mol. The average Bonchev–Trinajstić information content (AvgIpc) is 2.62. The van der Waals surface area contributed by atoms with Gasteiger partial charge in [0, 0.05) is 24.4 Å². The minimum Gasteiger partial charge on any atom is -0.478 e. The Balaban J connectivity index is 2.21. The summed E-state index contributed by atoms with van der Waals surface area (Å²) in [6.07, 6.45) is 7.99. The van der Waals surface area contributed by atoms with Gasteiger partial charge in [-0.15, -0.1) is 0 Å². The van der Waals surface area contributed by atoms with Crippen molar-refractivity contribution in [2.75, 3.05) is 11.4 Å². The Morgan fingerprint density at radius 2 is 2.15 bits per heavy atom. The van der Waals surface area contributed by atoms with Crippen molar-refractivity contribution < 1.29 is 9.90 Å². The monoisotopic (exact) mass is 273 g/mol. The smallest absolute Gasteiger partial charge is 0.328 e. The zero-order valence-corrected chi connectivity index (χ0v) is 12.3. The van der Waals surface area contributed by atoms with Gasteiger partial charge in [-0.3, -0.25) is 0 Å². The number of carboxylic acids is 1. The third kappa shape index (κ3) is 3.62. The van der Waals surface area contributed by atoms with E-state index in [1.165, 1.54) is 37.4 Å². The number of benzene rings is 1. The van der Waals surface area contributed by atoms with Crippen LogP contribution in [-0.4, -0.2) is 23.7 Å². The largest absolute Gasteiger partial charge is 0.478 e. The Bertz CT molecular complexity index is 508. The third-order valence-electron chi connectivity index (χ3n) is 4.04. The summed E-state index contributed by atoms with van der Waals surface area (Å²) in [6.45, 7) is 5.44. The molecule has 0 radical (unpaired) electrons. The van der Waals surface area contributed by atoms with Gasteiger partial charge < -0.3 is 10.0 Å². The van der Waals surface area contributed by atoms with Crippen molar-refractivity contribution in [2.24, 2.45) is 0 Å². The fourth-order valence-electron chi connectivity index (χ4n) is 2.85. The summed E-state index contributed by atoms with van der Waals surface area (Å²) in [7, 11) is 0. The molecule has 1 heterocycles. The molecule has 1 aromatic rings. The van der Waals surface area contributed by atoms with E-state index in [0.717, 1.165) is 17.7 Å². The van der Waals surface area contributed by atoms with E-state index in [2.05, 4.69) is 24.0 Å². The zero-order valence-electron chi connectivity index (χ0n) is 12.3. The van der Waals surface area contributed by atoms with E-state index in [1.54, 1.807) is 6.08 Å². The highest BCUT2D eigenvalue weighted by molar-refractivity contribution is 5.85. The second kappa shape index (κ2) is 6.60. The standard InChI is InChI=1S/C17H23NO2/c1-13-12-16(9-7-15(13)8-10-17(19)20)18-11-5-3-4-6-14(18)2/h7-10,12,14H,3-6,11H2,1-2H3,(H,19,20). The van der Waals surface area contributed by atoms with Crippen LogP contribution in [0.15, 0.2) is 24.3 Å². The van der Waals surface area contributed by atoms with Crippen LogP contribution in [0, 0.1) is 6.92 Å². The van der Waals surface area contributed by atoms with Crippen LogP contribution < -0.4 is 4.90 Å². The van der Waals surface area contributed by atoms with Gasteiger partial charge in [0.2, 0.25) is 0 Å². The number of hydrogen-bond acceptors (Lipinski definition) is 2. The number of anilines is 1. The van der Waals surface area contributed by atoms with Gasteiger partial charge in [-0.25, -0.2) is 4.79 Å². The van der Waals surface area contributed by atoms with Crippen LogP contribution in [-0.2, 0) is 4.79 Å². The zero-order chi connectivity index (χ0) is 14.5. The molecule has 1 fully saturated rings. The third-order valence-corrected chi connectivity index (χ3v) is 4.04. The van der Waals surface area contributed by atoms with E-state index >= 15 is 0 Å². The van der Waals surface area contributed by atoms with E-state index in [0.29, 0.717) is 6.04 Å². The number of aliphatic carboxylic acids is 1. The summed E-state index contributed by atoms with van der Waals surface area (Å²) in [5.41, 5.74) is 3.35. The Hall–Kier alpha value is -1.77. The van der Waals surface area contributed by atoms with Crippen LogP contribution in [0.3, 0.4) is 0 Å². The molecule has 1 saturated heterocycles. The molecule has 2 rings (SSSR count). The molecule has 0 saturated carbocycles. The normalized spacial score (nSPS) is 20.1. The van der Waals surface area contributed by atoms with Crippen LogP contribution in [0.1, 0.15) is 43.7 Å². The highest BCUT2D eigenvalue weighted by Crippen LogP contribution is 2.26. The summed E-state index contributed by atoms with van der Waals surface area (Å²) >= 11 is 0. The molecule has 0 bridgehead atoms. The van der Waals surface area contributed by atoms with E-state index in [4.69, 9.17) is 5.11 Å². The van der Waals surface area contributed by atoms with Crippen LogP contribution in [0.5, 0.6) is 0 Å². The predicted molar refractivity (Wildman–Crippen MR) is 83.1 cm³/mol. The summed E-state index contributed by atoms with van der Waals surface area (Å²) in [5.74, 6) is -0.908. The molecule has 0 aromatic heterocycles. The number of hydrogen-bond donors (Lipinski definition) is 1. The van der Waals surface area contributed by atoms with Gasteiger partial charge in [0.15, 0.2) is 0 Å². The maximum absolute atomic E-state index is 10.6. The van der Waals surface area contributed by atoms with Crippen molar-refractivity contribution in [1.82, 2.24) is 0 Å². The molecule has 0 amide bonds. The maximum Gasteiger partial charge on any atom is 0.328 e. The van der Waals surface area contributed by atoms with Crippen molar-refractivity contribution in [3.63, 3.8) is 0 Å². The van der Waals surface area contributed by atoms with Gasteiger partial charge in [-0.1, -0.05) is 18.9 Å². The highest BCUT2D eigenvalue weighted by Gasteiger charge is 2.17. The molecule has 3 heteroatoms. The first kappa shape index (κ1) is 14.6. The van der Waals surface area contributed by atoms with Crippen molar-refractivity contribution in [2.45, 2.75) is 45.6 Å². The molecule has 1 aliphatic rings. The summed E-state index contributed by atoms with van der Waals surface area (Å²) in [5, 5.41) is 8.70. The average molecular weight is 273 g/mol. The SMILES string of the molecule is Cc1cc(N2CCCCCC2C)ccc1C=CC(=O)O. The number of aryl methyl sites for hydroxylation is 1. The number of carbonyl (C=O) groups is 1. The topological polar surface area (TPSA) is 40.5 Å². The minimum absolute atomic E-state index is 0.581. The molecule has 0 aliphatic carbocycles. The van der Waals surface area contributed by atoms with E-state index < -0.39 is 5.97 Å². The van der Waals surface area contributed by atoms with E-state index in [9.17, 15) is 4.79 Å². The first-order valence-corrected chi connectivity index (χ1v) is 7.36. The molecule has 3 nitrogen and oxygen atoms in total. The Kier molecular flexibility index (Phi) is 4.83. The van der Waals surface area contributed by atoms with Gasteiger partial charge >= 0.3 is 5.97 Å². The molecule has 1 N–H and O–H groups in total. The van der Waals surface area contributed by atoms with Crippen LogP contribution in [0.25, 0.3) is 6.08 Å². The minimum atomic E-state index is -0.908. The molecule has 1 aliphatic heterocycles. The fourth-order valence-corrected chi connectivity index (χ4v) is 2.85. The van der Waals surface area contributed by atoms with Gasteiger partial charge in [-0.2, -0.15) is 0 Å². The predicted octanol–water partition coefficient (Wildman–Crippen LogP) is 3.86. The van der Waals surface area contributed by atoms with Crippen molar-refractivity contribution in [1.29, 1.82) is 0 Å². The molecule has 1 atom stereocenters. The van der Waals surface area contributed by atoms with Gasteiger partial charge in [0.25, 0.3) is 0 Å². The fraction of sp³-hybridized carbons (Fsp3) is 0.471. The van der Waals surface area contributed by atoms with Crippen molar-refractivity contribution in [3.05, 3.63) is 35.4 Å². The molecule has 20 heavy (non-hydrogen) atoms. The number of nitrogens with zero attached hydrogens (tertiary/aromatic N) is 1. The lowest BCUT2D eigenvalue weighted by Gasteiger charge is -2.30. The molecule has 1 aromatic carbocycles. The molecule has 108 valence electrons. The maximum atomic E-state index is 10.6. The van der Waals surface area contributed by atoms with Crippen LogP contribution in [0.4, 0.5) is 5.69 Å². The van der Waals surface area contributed by atoms with Crippen molar-refractivity contribution >= 4 is 17.7 Å². The van der Waals surface area contributed by atoms with Gasteiger partial charge in [0.05, 0.1) is 0 Å². The Morgan fingerprint density at radius 1 is 1.35 bits per heavy atom. The highest BCUT2D eigenvalue weighted by atomic mass is 16.4. The lowest BCUT2D eigenvalue weighted by Crippen LogP contribution is -2.32. The molecule has 0 spiro atoms. The van der Waals surface area contributed by atoms with Crippen molar-refractivity contribution in [3.8, 4) is 0 Å². The van der Waals surface area contributed by atoms with E-state index in [1.807, 2.05) is 13.0 Å². The summed E-state index contributed by atoms with van der Waals surface area (Å²) in [4.78, 5) is 13.1. The van der Waals surface area contributed by atoms with E-state index in [-0.39, 0.29) is 0 Å². The quantitative estimate of drug-likeness (QED) is 0.850. The van der Waals surface area contributed by atoms with Gasteiger partial charge in [0.1, 0.15) is 0 Å². The lowest BCUT2D eigenvalue weighted by molar-refractivity contribution is -0.131. The van der Waals surface area contributed by atoms with Crippen LogP contribution >= 0.6 is 0 Å². The first-order chi connectivity index (χ1) is 9.58. The molecular formula is C17H23NO2. The second-order valence-electron chi connectivity index (χ2n) is 5.60. The Labute approximate surface area is 120 Å². The van der Waals surface area contributed by atoms with Gasteiger partial charge in [-0.05, 0) is 56.0 Å². The molecule has 1 unspecified atom stereocenters. The lowest BCUT2D eigenvalue weighted by atomic mass is 10.1. The first-order valence-electron chi connectivity index (χ1n) is 7.36. The summed E-state index contributed by atoms with van der Waals surface area (Å²) < 4.78 is 0. The van der Waals surface area contributed by atoms with Crippen LogP contribution in [0.2, 0.25) is 0 Å². The Morgan fingerprint density at radius 3 is 2.85 bits per heavy atom. The second-order valence-corrected chi connectivity index (χ2v) is 5.60.